The molecule has 144 valence electrons. The van der Waals surface area contributed by atoms with Crippen molar-refractivity contribution in [1.29, 1.82) is 0 Å². The number of nitro groups is 1. The van der Waals surface area contributed by atoms with Crippen molar-refractivity contribution < 1.29 is 9.66 Å². The highest BCUT2D eigenvalue weighted by molar-refractivity contribution is 6.42. The Bertz CT molecular complexity index is 1050. The lowest BCUT2D eigenvalue weighted by molar-refractivity contribution is -0.383. The van der Waals surface area contributed by atoms with Crippen LogP contribution in [0.3, 0.4) is 0 Å². The maximum atomic E-state index is 11.7. The van der Waals surface area contributed by atoms with Crippen molar-refractivity contribution in [3.05, 3.63) is 67.9 Å². The monoisotopic (exact) mass is 439 g/mol. The normalized spacial score (nSPS) is 10.4. The maximum Gasteiger partial charge on any atom is 0.353 e. The average Bonchev–Trinajstić information content (AvgIpc) is 2.65. The van der Waals surface area contributed by atoms with Crippen LogP contribution in [0.1, 0.15) is 0 Å². The van der Waals surface area contributed by atoms with E-state index in [2.05, 4.69) is 20.6 Å². The van der Waals surface area contributed by atoms with Gasteiger partial charge in [-0.1, -0.05) is 34.8 Å². The molecule has 1 aromatic heterocycles. The number of ether oxygens (including phenoxy) is 1. The third-order valence-electron chi connectivity index (χ3n) is 3.60. The van der Waals surface area contributed by atoms with Gasteiger partial charge in [-0.3, -0.25) is 10.1 Å². The highest BCUT2D eigenvalue weighted by atomic mass is 35.5. The standard InChI is InChI=1S/C17H12Cl3N5O3/c1-28-14-5-2-9(18)6-13(14)24-17-15(25(26)27)16(21-8-22-17)23-10-3-4-11(19)12(20)7-10/h2-8H,1H3,(H2,21,22,23,24). The van der Waals surface area contributed by atoms with Crippen molar-refractivity contribution >= 4 is 63.5 Å². The molecule has 0 aliphatic carbocycles. The predicted octanol–water partition coefficient (Wildman–Crippen LogP) is 5.84. The van der Waals surface area contributed by atoms with Crippen molar-refractivity contribution in [1.82, 2.24) is 9.97 Å². The minimum absolute atomic E-state index is 0.0260. The first-order chi connectivity index (χ1) is 13.4. The van der Waals surface area contributed by atoms with Crippen molar-refractivity contribution in [2.75, 3.05) is 17.7 Å². The van der Waals surface area contributed by atoms with E-state index in [-0.39, 0.29) is 17.3 Å². The summed E-state index contributed by atoms with van der Waals surface area (Å²) in [5.74, 6) is 0.376. The number of rotatable bonds is 6. The van der Waals surface area contributed by atoms with Crippen molar-refractivity contribution in [3.8, 4) is 5.75 Å². The van der Waals surface area contributed by atoms with E-state index in [9.17, 15) is 10.1 Å². The number of benzene rings is 2. The van der Waals surface area contributed by atoms with E-state index < -0.39 is 4.92 Å². The van der Waals surface area contributed by atoms with Crippen molar-refractivity contribution in [2.24, 2.45) is 0 Å². The Labute approximate surface area is 174 Å². The van der Waals surface area contributed by atoms with Gasteiger partial charge in [0.05, 0.1) is 27.8 Å². The van der Waals surface area contributed by atoms with Crippen LogP contribution in [0.2, 0.25) is 15.1 Å². The molecule has 0 fully saturated rings. The Balaban J connectivity index is 2.01. The minimum Gasteiger partial charge on any atom is -0.495 e. The molecule has 0 atom stereocenters. The number of methoxy groups -OCH3 is 1. The van der Waals surface area contributed by atoms with Gasteiger partial charge < -0.3 is 15.4 Å². The van der Waals surface area contributed by atoms with Crippen LogP contribution in [0.5, 0.6) is 5.75 Å². The first kappa shape index (κ1) is 19.9. The minimum atomic E-state index is -0.598. The third kappa shape index (κ3) is 4.36. The van der Waals surface area contributed by atoms with Gasteiger partial charge >= 0.3 is 5.69 Å². The van der Waals surface area contributed by atoms with Crippen LogP contribution in [0.15, 0.2) is 42.7 Å². The van der Waals surface area contributed by atoms with E-state index >= 15 is 0 Å². The zero-order valence-electron chi connectivity index (χ0n) is 14.2. The molecular formula is C17H12Cl3N5O3. The number of halogens is 3. The molecule has 0 unspecified atom stereocenters. The highest BCUT2D eigenvalue weighted by Gasteiger charge is 2.24. The summed E-state index contributed by atoms with van der Waals surface area (Å²) in [7, 11) is 1.47. The quantitative estimate of drug-likeness (QED) is 0.366. The molecule has 0 aliphatic heterocycles. The number of nitrogens with one attached hydrogen (secondary N) is 2. The summed E-state index contributed by atoms with van der Waals surface area (Å²) in [5, 5.41) is 18.5. The Hall–Kier alpha value is -2.81. The second kappa shape index (κ2) is 8.47. The molecule has 0 spiro atoms. The summed E-state index contributed by atoms with van der Waals surface area (Å²) in [5.41, 5.74) is 0.523. The molecule has 2 aromatic carbocycles. The van der Waals surface area contributed by atoms with Gasteiger partial charge in [0.1, 0.15) is 12.1 Å². The molecule has 0 saturated heterocycles. The number of nitrogens with zero attached hydrogens (tertiary/aromatic N) is 3. The Kier molecular flexibility index (Phi) is 6.03. The largest absolute Gasteiger partial charge is 0.495 e. The maximum absolute atomic E-state index is 11.7. The fraction of sp³-hybridized carbons (Fsp3) is 0.0588. The van der Waals surface area contributed by atoms with E-state index in [1.807, 2.05) is 0 Å². The van der Waals surface area contributed by atoms with Gasteiger partial charge in [-0.15, -0.1) is 0 Å². The van der Waals surface area contributed by atoms with E-state index in [1.54, 1.807) is 30.3 Å². The first-order valence-corrected chi connectivity index (χ1v) is 8.84. The predicted molar refractivity (Wildman–Crippen MR) is 110 cm³/mol. The van der Waals surface area contributed by atoms with Gasteiger partial charge in [-0.05, 0) is 36.4 Å². The van der Waals surface area contributed by atoms with Gasteiger partial charge in [0, 0.05) is 10.7 Å². The van der Waals surface area contributed by atoms with Crippen LogP contribution in [0.4, 0.5) is 28.7 Å². The van der Waals surface area contributed by atoms with Gasteiger partial charge in [-0.2, -0.15) is 0 Å². The first-order valence-electron chi connectivity index (χ1n) is 7.71. The molecule has 0 radical (unpaired) electrons. The van der Waals surface area contributed by atoms with Crippen LogP contribution in [0, 0.1) is 10.1 Å². The molecule has 3 rings (SSSR count). The fourth-order valence-corrected chi connectivity index (χ4v) is 2.82. The lowest BCUT2D eigenvalue weighted by atomic mass is 10.2. The van der Waals surface area contributed by atoms with Crippen molar-refractivity contribution in [3.63, 3.8) is 0 Å². The molecule has 0 bridgehead atoms. The summed E-state index contributed by atoms with van der Waals surface area (Å²) in [4.78, 5) is 19.1. The van der Waals surface area contributed by atoms with Crippen LogP contribution < -0.4 is 15.4 Å². The zero-order chi connectivity index (χ0) is 20.3. The molecule has 0 amide bonds. The zero-order valence-corrected chi connectivity index (χ0v) is 16.5. The Morgan fingerprint density at radius 3 is 2.36 bits per heavy atom. The third-order valence-corrected chi connectivity index (χ3v) is 4.58. The summed E-state index contributed by atoms with van der Waals surface area (Å²) in [6.07, 6.45) is 1.19. The van der Waals surface area contributed by atoms with Gasteiger partial charge in [0.25, 0.3) is 0 Å². The second-order valence-electron chi connectivity index (χ2n) is 5.40. The van der Waals surface area contributed by atoms with Gasteiger partial charge in [0.15, 0.2) is 0 Å². The van der Waals surface area contributed by atoms with Crippen LogP contribution in [0.25, 0.3) is 0 Å². The van der Waals surface area contributed by atoms with Crippen LogP contribution >= 0.6 is 34.8 Å². The fourth-order valence-electron chi connectivity index (χ4n) is 2.35. The molecule has 2 N–H and O–H groups in total. The average molecular weight is 441 g/mol. The molecule has 1 heterocycles. The van der Waals surface area contributed by atoms with Crippen LogP contribution in [-0.2, 0) is 0 Å². The van der Waals surface area contributed by atoms with Gasteiger partial charge in [-0.25, -0.2) is 9.97 Å². The molecule has 8 nitrogen and oxygen atoms in total. The lowest BCUT2D eigenvalue weighted by Crippen LogP contribution is -2.06. The Morgan fingerprint density at radius 2 is 1.71 bits per heavy atom. The smallest absolute Gasteiger partial charge is 0.353 e. The topological polar surface area (TPSA) is 102 Å². The molecule has 0 saturated carbocycles. The van der Waals surface area contributed by atoms with Crippen LogP contribution in [-0.4, -0.2) is 22.0 Å². The summed E-state index contributed by atoms with van der Waals surface area (Å²) < 4.78 is 5.25. The highest BCUT2D eigenvalue weighted by Crippen LogP contribution is 2.37. The SMILES string of the molecule is COc1ccc(Cl)cc1Nc1ncnc(Nc2ccc(Cl)c(Cl)c2)c1[N+](=O)[O-]. The summed E-state index contributed by atoms with van der Waals surface area (Å²) in [6.45, 7) is 0. The number of aromatic nitrogens is 2. The summed E-state index contributed by atoms with van der Waals surface area (Å²) in [6, 6.07) is 9.55. The van der Waals surface area contributed by atoms with Gasteiger partial charge in [0.2, 0.25) is 11.6 Å². The second-order valence-corrected chi connectivity index (χ2v) is 6.65. The lowest BCUT2D eigenvalue weighted by Gasteiger charge is -2.13. The number of hydrogen-bond donors (Lipinski definition) is 2. The number of hydrogen-bond acceptors (Lipinski definition) is 7. The molecule has 0 aliphatic rings. The Morgan fingerprint density at radius 1 is 1.00 bits per heavy atom. The van der Waals surface area contributed by atoms with E-state index in [0.29, 0.717) is 32.2 Å². The molecular weight excluding hydrogens is 429 g/mol. The molecule has 11 heteroatoms. The number of anilines is 4. The summed E-state index contributed by atoms with van der Waals surface area (Å²) >= 11 is 17.9. The van der Waals surface area contributed by atoms with E-state index in [1.165, 1.54) is 19.5 Å². The van der Waals surface area contributed by atoms with E-state index in [0.717, 1.165) is 0 Å². The van der Waals surface area contributed by atoms with Crippen molar-refractivity contribution in [2.45, 2.75) is 0 Å². The van der Waals surface area contributed by atoms with E-state index in [4.69, 9.17) is 39.5 Å². The molecule has 3 aromatic rings. The molecule has 28 heavy (non-hydrogen) atoms.